The molecule has 3 rings (SSSR count). The van der Waals surface area contributed by atoms with Crippen molar-refractivity contribution >= 4 is 29.1 Å². The second-order valence-electron chi connectivity index (χ2n) is 13.8. The molecule has 0 spiro atoms. The van der Waals surface area contributed by atoms with E-state index in [1.165, 1.54) is 60.9 Å². The van der Waals surface area contributed by atoms with Gasteiger partial charge in [0.15, 0.2) is 0 Å². The van der Waals surface area contributed by atoms with Crippen LogP contribution in [0.4, 0.5) is 0 Å². The monoisotopic (exact) mass is 695 g/mol. The first-order valence-electron chi connectivity index (χ1n) is 19.6. The van der Waals surface area contributed by atoms with Gasteiger partial charge in [-0.25, -0.2) is 0 Å². The molecule has 8 heteroatoms. The minimum atomic E-state index is -0.287. The average molecular weight is 696 g/mol. The molecule has 1 atom stereocenters. The van der Waals surface area contributed by atoms with Crippen LogP contribution >= 0.6 is 11.3 Å². The normalized spacial score (nSPS) is 14.1. The van der Waals surface area contributed by atoms with Crippen LogP contribution in [0.25, 0.3) is 0 Å². The van der Waals surface area contributed by atoms with Crippen LogP contribution in [-0.2, 0) is 33.6 Å². The van der Waals surface area contributed by atoms with Crippen LogP contribution in [-0.4, -0.2) is 54.9 Å². The Morgan fingerprint density at radius 2 is 1.41 bits per heavy atom. The number of rotatable bonds is 27. The van der Waals surface area contributed by atoms with Crippen molar-refractivity contribution in [1.82, 2.24) is 15.5 Å². The van der Waals surface area contributed by atoms with Crippen molar-refractivity contribution in [3.63, 3.8) is 0 Å². The van der Waals surface area contributed by atoms with Crippen molar-refractivity contribution in [3.8, 4) is 5.75 Å². The van der Waals surface area contributed by atoms with Crippen LogP contribution in [0.15, 0.2) is 35.7 Å². The predicted molar refractivity (Wildman–Crippen MR) is 203 cm³/mol. The first kappa shape index (κ1) is 40.7. The van der Waals surface area contributed by atoms with Crippen molar-refractivity contribution < 1.29 is 19.1 Å². The predicted octanol–water partition coefficient (Wildman–Crippen LogP) is 8.96. The van der Waals surface area contributed by atoms with Gasteiger partial charge in [-0.2, -0.15) is 0 Å². The fourth-order valence-corrected chi connectivity index (χ4v) is 7.55. The summed E-state index contributed by atoms with van der Waals surface area (Å²) in [4.78, 5) is 40.8. The molecule has 2 aromatic rings. The first-order chi connectivity index (χ1) is 24.0. The molecule has 1 heterocycles. The molecule has 1 aromatic heterocycles. The van der Waals surface area contributed by atoms with Crippen LogP contribution < -0.4 is 15.4 Å². The standard InChI is InChI=1S/C41H65N3O4S/c1-3-5-28-42-39(45)22-15-13-11-9-7-6-8-10-12-14-16-23-40(46)43-29-26-41(47)48-38-21-17-19-34-33-35(24-25-37(34)38)44(30-4-2)31-27-36-20-18-32-49-36/h17-21,32,35H,3-16,22-31,33H2,1-2H3,(H,42,45)(H,43,46)/t35-/m0/s1. The van der Waals surface area contributed by atoms with E-state index in [0.29, 0.717) is 31.2 Å². The number of hydrogen-bond acceptors (Lipinski definition) is 6. The van der Waals surface area contributed by atoms with Crippen molar-refractivity contribution in [3.05, 3.63) is 51.7 Å². The van der Waals surface area contributed by atoms with E-state index in [0.717, 1.165) is 90.3 Å². The SMILES string of the molecule is CCCCNC(=O)CCCCCCCCCCCCCC(=O)NCCC(=O)Oc1cccc2c1CC[C@H](N(CCC)CCc1cccs1)C2. The molecule has 49 heavy (non-hydrogen) atoms. The Morgan fingerprint density at radius 1 is 0.755 bits per heavy atom. The third kappa shape index (κ3) is 17.2. The number of fused-ring (bicyclic) bond motifs is 1. The lowest BCUT2D eigenvalue weighted by Gasteiger charge is -2.35. The van der Waals surface area contributed by atoms with Crippen LogP contribution in [0, 0.1) is 0 Å². The smallest absolute Gasteiger partial charge is 0.312 e. The number of carbonyl (C=O) groups is 3. The molecule has 1 aromatic carbocycles. The number of hydrogen-bond donors (Lipinski definition) is 2. The van der Waals surface area contributed by atoms with Crippen LogP contribution in [0.1, 0.15) is 145 Å². The molecule has 0 radical (unpaired) electrons. The molecule has 0 saturated carbocycles. The minimum absolute atomic E-state index is 0.0186. The number of thiophene rings is 1. The molecule has 0 saturated heterocycles. The lowest BCUT2D eigenvalue weighted by Crippen LogP contribution is -2.41. The molecular formula is C41H65N3O4S. The lowest BCUT2D eigenvalue weighted by molar-refractivity contribution is -0.134. The minimum Gasteiger partial charge on any atom is -0.426 e. The zero-order valence-electron chi connectivity index (χ0n) is 30.7. The number of amides is 2. The topological polar surface area (TPSA) is 87.7 Å². The summed E-state index contributed by atoms with van der Waals surface area (Å²) in [7, 11) is 0. The summed E-state index contributed by atoms with van der Waals surface area (Å²) in [5.74, 6) is 0.623. The number of nitrogens with one attached hydrogen (secondary N) is 2. The summed E-state index contributed by atoms with van der Waals surface area (Å²) in [6.45, 7) is 7.71. The molecule has 274 valence electrons. The molecule has 0 fully saturated rings. The van der Waals surface area contributed by atoms with Crippen molar-refractivity contribution in [2.45, 2.75) is 155 Å². The molecule has 2 N–H and O–H groups in total. The third-order valence-electron chi connectivity index (χ3n) is 9.70. The Bertz CT molecular complexity index is 1200. The lowest BCUT2D eigenvalue weighted by atomic mass is 9.86. The summed E-state index contributed by atoms with van der Waals surface area (Å²) in [5, 5.41) is 8.05. The third-order valence-corrected chi connectivity index (χ3v) is 10.6. The molecule has 2 amide bonds. The number of unbranched alkanes of at least 4 members (excludes halogenated alkanes) is 11. The molecule has 0 unspecified atom stereocenters. The highest BCUT2D eigenvalue weighted by Gasteiger charge is 2.26. The maximum absolute atomic E-state index is 12.7. The highest BCUT2D eigenvalue weighted by molar-refractivity contribution is 7.09. The highest BCUT2D eigenvalue weighted by atomic mass is 32.1. The second-order valence-corrected chi connectivity index (χ2v) is 14.9. The van der Waals surface area contributed by atoms with Crippen molar-refractivity contribution in [2.75, 3.05) is 26.2 Å². The fourth-order valence-electron chi connectivity index (χ4n) is 6.85. The number of nitrogens with zero attached hydrogens (tertiary/aromatic N) is 1. The van der Waals surface area contributed by atoms with Gasteiger partial charge in [-0.3, -0.25) is 19.3 Å². The summed E-state index contributed by atoms with van der Waals surface area (Å²) < 4.78 is 5.82. The Balaban J connectivity index is 1.19. The summed E-state index contributed by atoms with van der Waals surface area (Å²) in [5.41, 5.74) is 2.46. The van der Waals surface area contributed by atoms with Crippen molar-refractivity contribution in [2.24, 2.45) is 0 Å². The highest BCUT2D eigenvalue weighted by Crippen LogP contribution is 2.32. The van der Waals surface area contributed by atoms with Gasteiger partial charge in [-0.1, -0.05) is 96.3 Å². The largest absolute Gasteiger partial charge is 0.426 e. The van der Waals surface area contributed by atoms with Gasteiger partial charge in [0.1, 0.15) is 5.75 Å². The van der Waals surface area contributed by atoms with E-state index < -0.39 is 0 Å². The summed E-state index contributed by atoms with van der Waals surface area (Å²) >= 11 is 1.84. The van der Waals surface area contributed by atoms with E-state index in [4.69, 9.17) is 4.74 Å². The molecule has 0 bridgehead atoms. The number of benzene rings is 1. The Hall–Kier alpha value is -2.71. The van der Waals surface area contributed by atoms with E-state index in [9.17, 15) is 14.4 Å². The van der Waals surface area contributed by atoms with Gasteiger partial charge in [0.05, 0.1) is 6.42 Å². The van der Waals surface area contributed by atoms with Crippen LogP contribution in [0.2, 0.25) is 0 Å². The summed E-state index contributed by atoms with van der Waals surface area (Å²) in [6.07, 6.45) is 21.6. The van der Waals surface area contributed by atoms with Gasteiger partial charge >= 0.3 is 5.97 Å². The van der Waals surface area contributed by atoms with Gasteiger partial charge in [0.25, 0.3) is 0 Å². The molecule has 7 nitrogen and oxygen atoms in total. The van der Waals surface area contributed by atoms with E-state index in [1.54, 1.807) is 0 Å². The first-order valence-corrected chi connectivity index (χ1v) is 20.5. The van der Waals surface area contributed by atoms with E-state index in [-0.39, 0.29) is 24.2 Å². The van der Waals surface area contributed by atoms with Gasteiger partial charge in [-0.15, -0.1) is 11.3 Å². The maximum atomic E-state index is 12.7. The molecule has 1 aliphatic rings. The Kier molecular flexibility index (Phi) is 21.0. The van der Waals surface area contributed by atoms with Gasteiger partial charge in [-0.05, 0) is 86.6 Å². The van der Waals surface area contributed by atoms with Crippen LogP contribution in [0.3, 0.4) is 0 Å². The number of carbonyl (C=O) groups excluding carboxylic acids is 3. The average Bonchev–Trinajstić information content (AvgIpc) is 3.62. The zero-order valence-corrected chi connectivity index (χ0v) is 31.5. The molecule has 0 aliphatic heterocycles. The van der Waals surface area contributed by atoms with Gasteiger partial charge in [0, 0.05) is 43.4 Å². The second kappa shape index (κ2) is 25.3. The fraction of sp³-hybridized carbons (Fsp3) is 0.683. The molecular weight excluding hydrogens is 631 g/mol. The maximum Gasteiger partial charge on any atom is 0.312 e. The van der Waals surface area contributed by atoms with Gasteiger partial charge < -0.3 is 15.4 Å². The Morgan fingerprint density at radius 3 is 2.02 bits per heavy atom. The summed E-state index contributed by atoms with van der Waals surface area (Å²) in [6, 6.07) is 11.0. The van der Waals surface area contributed by atoms with Crippen LogP contribution in [0.5, 0.6) is 5.75 Å². The number of ether oxygens (including phenoxy) is 1. The van der Waals surface area contributed by atoms with E-state index in [1.807, 2.05) is 23.5 Å². The van der Waals surface area contributed by atoms with Crippen molar-refractivity contribution in [1.29, 1.82) is 0 Å². The van der Waals surface area contributed by atoms with E-state index in [2.05, 4.69) is 53.0 Å². The molecule has 1 aliphatic carbocycles. The van der Waals surface area contributed by atoms with Gasteiger partial charge in [0.2, 0.25) is 11.8 Å². The Labute approximate surface area is 301 Å². The van der Waals surface area contributed by atoms with E-state index >= 15 is 0 Å². The zero-order chi connectivity index (χ0) is 34.9. The number of esters is 1. The quantitative estimate of drug-likeness (QED) is 0.0554.